The van der Waals surface area contributed by atoms with Crippen LogP contribution in [-0.4, -0.2) is 35.6 Å². The van der Waals surface area contributed by atoms with Gasteiger partial charge in [0.2, 0.25) is 11.8 Å². The number of rotatable bonds is 9. The molecule has 0 saturated heterocycles. The zero-order valence-corrected chi connectivity index (χ0v) is 17.8. The van der Waals surface area contributed by atoms with Crippen LogP contribution in [0.25, 0.3) is 0 Å². The van der Waals surface area contributed by atoms with Crippen molar-refractivity contribution in [2.75, 3.05) is 12.8 Å². The van der Waals surface area contributed by atoms with Crippen molar-refractivity contribution in [1.29, 1.82) is 0 Å². The van der Waals surface area contributed by atoms with Crippen molar-refractivity contribution >= 4 is 23.6 Å². The first kappa shape index (κ1) is 21.7. The van der Waals surface area contributed by atoms with Gasteiger partial charge in [-0.15, -0.1) is 11.8 Å². The Kier molecular flexibility index (Phi) is 8.10. The standard InChI is InChI=1S/C25H26N2O2S/c1-26-25(29)23(17-20-11-5-2-6-12-20)27(18-21-13-7-3-8-14-21)24(28)19-30-22-15-9-4-10-16-22/h2-16,23H,17-19H2,1H3,(H,26,29). The van der Waals surface area contributed by atoms with Gasteiger partial charge in [0.15, 0.2) is 0 Å². The van der Waals surface area contributed by atoms with E-state index in [-0.39, 0.29) is 17.6 Å². The molecule has 4 nitrogen and oxygen atoms in total. The van der Waals surface area contributed by atoms with Crippen molar-refractivity contribution in [3.05, 3.63) is 102 Å². The molecular formula is C25H26N2O2S. The Morgan fingerprint density at radius 2 is 1.37 bits per heavy atom. The largest absolute Gasteiger partial charge is 0.357 e. The Bertz CT molecular complexity index is 933. The molecule has 0 saturated carbocycles. The van der Waals surface area contributed by atoms with E-state index in [4.69, 9.17) is 0 Å². The molecule has 0 spiro atoms. The molecule has 0 radical (unpaired) electrons. The minimum atomic E-state index is -0.582. The first-order valence-electron chi connectivity index (χ1n) is 9.94. The number of nitrogens with zero attached hydrogens (tertiary/aromatic N) is 1. The molecular weight excluding hydrogens is 392 g/mol. The number of benzene rings is 3. The quantitative estimate of drug-likeness (QED) is 0.531. The maximum atomic E-state index is 13.3. The number of nitrogens with one attached hydrogen (secondary N) is 1. The number of amides is 2. The second-order valence-corrected chi connectivity index (χ2v) is 7.98. The molecule has 0 heterocycles. The van der Waals surface area contributed by atoms with Crippen molar-refractivity contribution in [2.45, 2.75) is 23.9 Å². The summed E-state index contributed by atoms with van der Waals surface area (Å²) < 4.78 is 0. The molecule has 0 aromatic heterocycles. The van der Waals surface area contributed by atoms with Crippen LogP contribution in [0, 0.1) is 0 Å². The molecule has 5 heteroatoms. The molecule has 0 aliphatic carbocycles. The number of hydrogen-bond donors (Lipinski definition) is 1. The van der Waals surface area contributed by atoms with Gasteiger partial charge in [-0.3, -0.25) is 9.59 Å². The van der Waals surface area contributed by atoms with Crippen LogP contribution in [0.3, 0.4) is 0 Å². The second kappa shape index (κ2) is 11.2. The maximum absolute atomic E-state index is 13.3. The van der Waals surface area contributed by atoms with E-state index in [9.17, 15) is 9.59 Å². The van der Waals surface area contributed by atoms with E-state index in [1.54, 1.807) is 11.9 Å². The van der Waals surface area contributed by atoms with Crippen molar-refractivity contribution in [2.24, 2.45) is 0 Å². The normalized spacial score (nSPS) is 11.5. The topological polar surface area (TPSA) is 49.4 Å². The summed E-state index contributed by atoms with van der Waals surface area (Å²) in [7, 11) is 1.62. The lowest BCUT2D eigenvalue weighted by Crippen LogP contribution is -2.50. The minimum absolute atomic E-state index is 0.0581. The number of carbonyl (C=O) groups excluding carboxylic acids is 2. The van der Waals surface area contributed by atoms with Gasteiger partial charge in [0.1, 0.15) is 6.04 Å². The Morgan fingerprint density at radius 3 is 1.93 bits per heavy atom. The molecule has 1 N–H and O–H groups in total. The van der Waals surface area contributed by atoms with Crippen molar-refractivity contribution in [1.82, 2.24) is 10.2 Å². The van der Waals surface area contributed by atoms with E-state index in [0.29, 0.717) is 13.0 Å². The highest BCUT2D eigenvalue weighted by atomic mass is 32.2. The van der Waals surface area contributed by atoms with E-state index in [2.05, 4.69) is 5.32 Å². The molecule has 0 aliphatic rings. The van der Waals surface area contributed by atoms with Gasteiger partial charge in [0.25, 0.3) is 0 Å². The lowest BCUT2D eigenvalue weighted by Gasteiger charge is -2.31. The van der Waals surface area contributed by atoms with Crippen LogP contribution >= 0.6 is 11.8 Å². The molecule has 0 fully saturated rings. The third-order valence-corrected chi connectivity index (χ3v) is 5.82. The molecule has 3 rings (SSSR count). The van der Waals surface area contributed by atoms with Gasteiger partial charge in [-0.2, -0.15) is 0 Å². The predicted molar refractivity (Wildman–Crippen MR) is 122 cm³/mol. The lowest BCUT2D eigenvalue weighted by molar-refractivity contribution is -0.139. The Morgan fingerprint density at radius 1 is 0.833 bits per heavy atom. The van der Waals surface area contributed by atoms with E-state index in [1.807, 2.05) is 91.0 Å². The van der Waals surface area contributed by atoms with Crippen LogP contribution in [-0.2, 0) is 22.6 Å². The average molecular weight is 419 g/mol. The van der Waals surface area contributed by atoms with Gasteiger partial charge < -0.3 is 10.2 Å². The Balaban J connectivity index is 1.84. The summed E-state index contributed by atoms with van der Waals surface area (Å²) in [6.07, 6.45) is 0.467. The smallest absolute Gasteiger partial charge is 0.242 e. The molecule has 0 bridgehead atoms. The molecule has 0 aliphatic heterocycles. The van der Waals surface area contributed by atoms with E-state index >= 15 is 0 Å². The first-order valence-corrected chi connectivity index (χ1v) is 10.9. The molecule has 1 unspecified atom stereocenters. The first-order chi connectivity index (χ1) is 14.7. The van der Waals surface area contributed by atoms with Gasteiger partial charge in [0.05, 0.1) is 5.75 Å². The zero-order valence-electron chi connectivity index (χ0n) is 17.0. The van der Waals surface area contributed by atoms with Crippen molar-refractivity contribution in [3.63, 3.8) is 0 Å². The van der Waals surface area contributed by atoms with E-state index in [1.165, 1.54) is 11.8 Å². The minimum Gasteiger partial charge on any atom is -0.357 e. The highest BCUT2D eigenvalue weighted by Crippen LogP contribution is 2.20. The highest BCUT2D eigenvalue weighted by Gasteiger charge is 2.29. The fourth-order valence-electron chi connectivity index (χ4n) is 3.25. The summed E-state index contributed by atoms with van der Waals surface area (Å²) in [5, 5.41) is 2.74. The highest BCUT2D eigenvalue weighted by molar-refractivity contribution is 8.00. The number of likely N-dealkylation sites (N-methyl/N-ethyl adjacent to an activating group) is 1. The monoisotopic (exact) mass is 418 g/mol. The van der Waals surface area contributed by atoms with Gasteiger partial charge >= 0.3 is 0 Å². The van der Waals surface area contributed by atoms with Crippen LogP contribution in [0.1, 0.15) is 11.1 Å². The SMILES string of the molecule is CNC(=O)C(Cc1ccccc1)N(Cc1ccccc1)C(=O)CSc1ccccc1. The van der Waals surface area contributed by atoms with Gasteiger partial charge in [0, 0.05) is 24.9 Å². The van der Waals surface area contributed by atoms with Gasteiger partial charge in [-0.1, -0.05) is 78.9 Å². The van der Waals surface area contributed by atoms with Crippen LogP contribution in [0.2, 0.25) is 0 Å². The van der Waals surface area contributed by atoms with Crippen LogP contribution in [0.15, 0.2) is 95.9 Å². The third kappa shape index (κ3) is 6.22. The second-order valence-electron chi connectivity index (χ2n) is 6.93. The predicted octanol–water partition coefficient (Wildman–Crippen LogP) is 4.16. The summed E-state index contributed by atoms with van der Waals surface area (Å²) in [5.74, 6) is 0.0594. The van der Waals surface area contributed by atoms with E-state index < -0.39 is 6.04 Å². The summed E-state index contributed by atoms with van der Waals surface area (Å²) in [5.41, 5.74) is 2.02. The van der Waals surface area contributed by atoms with E-state index in [0.717, 1.165) is 16.0 Å². The molecule has 1 atom stereocenters. The molecule has 2 amide bonds. The Labute approximate surface area is 182 Å². The lowest BCUT2D eigenvalue weighted by atomic mass is 10.0. The van der Waals surface area contributed by atoms with Crippen molar-refractivity contribution in [3.8, 4) is 0 Å². The zero-order chi connectivity index (χ0) is 21.2. The number of hydrogen-bond acceptors (Lipinski definition) is 3. The molecule has 3 aromatic carbocycles. The molecule has 154 valence electrons. The van der Waals surface area contributed by atoms with Crippen LogP contribution < -0.4 is 5.32 Å². The third-order valence-electron chi connectivity index (χ3n) is 4.82. The fourth-order valence-corrected chi connectivity index (χ4v) is 4.05. The van der Waals surface area contributed by atoms with Gasteiger partial charge in [-0.05, 0) is 23.3 Å². The summed E-state index contributed by atoms with van der Waals surface area (Å²) >= 11 is 1.49. The summed E-state index contributed by atoms with van der Waals surface area (Å²) in [6, 6.07) is 28.9. The maximum Gasteiger partial charge on any atom is 0.242 e. The average Bonchev–Trinajstić information content (AvgIpc) is 2.81. The van der Waals surface area contributed by atoms with Crippen LogP contribution in [0.5, 0.6) is 0 Å². The molecule has 30 heavy (non-hydrogen) atoms. The summed E-state index contributed by atoms with van der Waals surface area (Å²) in [4.78, 5) is 28.9. The summed E-state index contributed by atoms with van der Waals surface area (Å²) in [6.45, 7) is 0.389. The fraction of sp³-hybridized carbons (Fsp3) is 0.200. The number of carbonyl (C=O) groups is 2. The molecule has 3 aromatic rings. The Hall–Kier alpha value is -3.05. The van der Waals surface area contributed by atoms with Crippen LogP contribution in [0.4, 0.5) is 0 Å². The van der Waals surface area contributed by atoms with Crippen molar-refractivity contribution < 1.29 is 9.59 Å². The van der Waals surface area contributed by atoms with Gasteiger partial charge in [-0.25, -0.2) is 0 Å². The number of thioether (sulfide) groups is 1.